The minimum absolute atomic E-state index is 0.173. The number of halogens is 2. The monoisotopic (exact) mass is 316 g/mol. The third kappa shape index (κ3) is 4.09. The summed E-state index contributed by atoms with van der Waals surface area (Å²) in [6, 6.07) is 7.38. The van der Waals surface area contributed by atoms with Crippen molar-refractivity contribution in [1.29, 1.82) is 0 Å². The third-order valence-corrected chi connectivity index (χ3v) is 3.75. The Morgan fingerprint density at radius 3 is 2.40 bits per heavy atom. The van der Waals surface area contributed by atoms with Crippen LogP contribution in [0.4, 0.5) is 0 Å². The summed E-state index contributed by atoms with van der Waals surface area (Å²) in [7, 11) is 0. The molecule has 1 heterocycles. The van der Waals surface area contributed by atoms with E-state index in [-0.39, 0.29) is 5.91 Å². The number of morpholine rings is 1. The summed E-state index contributed by atoms with van der Waals surface area (Å²) >= 11 is 12.0. The van der Waals surface area contributed by atoms with Gasteiger partial charge in [0.15, 0.2) is 0 Å². The maximum atomic E-state index is 12.2. The lowest BCUT2D eigenvalue weighted by Gasteiger charge is -2.35. The molecule has 4 nitrogen and oxygen atoms in total. The first-order valence-electron chi connectivity index (χ1n) is 6.55. The van der Waals surface area contributed by atoms with Gasteiger partial charge in [0.1, 0.15) is 11.0 Å². The van der Waals surface area contributed by atoms with Gasteiger partial charge in [0, 0.05) is 18.7 Å². The lowest BCUT2D eigenvalue weighted by atomic mass is 10.1. The molecular weight excluding hydrogens is 299 g/mol. The van der Waals surface area contributed by atoms with Crippen LogP contribution in [0.15, 0.2) is 24.3 Å². The molecule has 1 atom stereocenters. The van der Waals surface area contributed by atoms with E-state index in [4.69, 9.17) is 27.9 Å². The molecule has 1 fully saturated rings. The fourth-order valence-electron chi connectivity index (χ4n) is 2.09. The maximum Gasteiger partial charge on any atom is 0.252 e. The molecule has 0 spiro atoms. The summed E-state index contributed by atoms with van der Waals surface area (Å²) in [5.74, 6) is -0.173. The highest BCUT2D eigenvalue weighted by atomic mass is 35.5. The Bertz CT molecular complexity index is 445. The van der Waals surface area contributed by atoms with Gasteiger partial charge in [-0.25, -0.2) is 0 Å². The van der Waals surface area contributed by atoms with Gasteiger partial charge in [-0.3, -0.25) is 9.69 Å². The molecule has 0 unspecified atom stereocenters. The number of alkyl halides is 2. The van der Waals surface area contributed by atoms with Gasteiger partial charge in [-0.1, -0.05) is 17.7 Å². The largest absolute Gasteiger partial charge is 0.379 e. The van der Waals surface area contributed by atoms with Gasteiger partial charge in [-0.15, -0.1) is 23.2 Å². The number of ether oxygens (including phenoxy) is 1. The molecular formula is C14H18Cl2N2O2. The van der Waals surface area contributed by atoms with Gasteiger partial charge in [-0.2, -0.15) is 0 Å². The average Bonchev–Trinajstić information content (AvgIpc) is 2.46. The first-order chi connectivity index (χ1) is 9.58. The summed E-state index contributed by atoms with van der Waals surface area (Å²) in [6.45, 7) is 4.63. The molecule has 1 aliphatic rings. The maximum absolute atomic E-state index is 12.2. The van der Waals surface area contributed by atoms with Crippen LogP contribution < -0.4 is 5.32 Å². The van der Waals surface area contributed by atoms with Gasteiger partial charge < -0.3 is 10.1 Å². The number of rotatable bonds is 4. The number of benzene rings is 1. The predicted molar refractivity (Wildman–Crippen MR) is 80.3 cm³/mol. The van der Waals surface area contributed by atoms with Crippen LogP contribution in [0.1, 0.15) is 15.9 Å². The Labute approximate surface area is 129 Å². The number of carbonyl (C=O) groups is 1. The van der Waals surface area contributed by atoms with Crippen molar-refractivity contribution in [3.8, 4) is 0 Å². The number of nitrogens with one attached hydrogen (secondary N) is 1. The fourth-order valence-corrected chi connectivity index (χ4v) is 2.54. The zero-order chi connectivity index (χ0) is 14.5. The third-order valence-electron chi connectivity index (χ3n) is 3.27. The van der Waals surface area contributed by atoms with Crippen LogP contribution in [-0.2, 0) is 4.74 Å². The number of hydrogen-bond donors (Lipinski definition) is 1. The molecule has 6 heteroatoms. The summed E-state index contributed by atoms with van der Waals surface area (Å²) in [5.41, 5.74) is 1.71. The highest BCUT2D eigenvalue weighted by Gasteiger charge is 2.28. The van der Waals surface area contributed by atoms with Crippen molar-refractivity contribution in [3.63, 3.8) is 0 Å². The first kappa shape index (κ1) is 15.6. The molecule has 1 aromatic carbocycles. The number of amides is 1. The van der Waals surface area contributed by atoms with E-state index in [1.165, 1.54) is 0 Å². The van der Waals surface area contributed by atoms with E-state index in [1.807, 2.05) is 24.0 Å². The van der Waals surface area contributed by atoms with Crippen LogP contribution in [0, 0.1) is 6.92 Å². The van der Waals surface area contributed by atoms with Crippen molar-refractivity contribution in [1.82, 2.24) is 10.2 Å². The molecule has 1 N–H and O–H groups in total. The molecule has 2 rings (SSSR count). The molecule has 1 aromatic rings. The molecule has 0 aromatic heterocycles. The van der Waals surface area contributed by atoms with Crippen molar-refractivity contribution in [2.75, 3.05) is 26.3 Å². The van der Waals surface area contributed by atoms with E-state index >= 15 is 0 Å². The van der Waals surface area contributed by atoms with E-state index in [1.54, 1.807) is 12.1 Å². The lowest BCUT2D eigenvalue weighted by molar-refractivity contribution is 0.0121. The smallest absolute Gasteiger partial charge is 0.252 e. The van der Waals surface area contributed by atoms with E-state index in [9.17, 15) is 4.79 Å². The van der Waals surface area contributed by atoms with Crippen LogP contribution in [0.2, 0.25) is 0 Å². The van der Waals surface area contributed by atoms with E-state index in [0.717, 1.165) is 5.56 Å². The van der Waals surface area contributed by atoms with Crippen molar-refractivity contribution < 1.29 is 9.53 Å². The second kappa shape index (κ2) is 7.27. The van der Waals surface area contributed by atoms with Crippen molar-refractivity contribution in [2.24, 2.45) is 0 Å². The second-order valence-corrected chi connectivity index (χ2v) is 5.93. The minimum Gasteiger partial charge on any atom is -0.379 e. The summed E-state index contributed by atoms with van der Waals surface area (Å²) in [5, 5.41) is 2.89. The molecule has 20 heavy (non-hydrogen) atoms. The lowest BCUT2D eigenvalue weighted by Crippen LogP contribution is -2.55. The Kier molecular flexibility index (Phi) is 5.66. The number of carbonyl (C=O) groups excluding carboxylic acids is 1. The first-order valence-corrected chi connectivity index (χ1v) is 7.42. The van der Waals surface area contributed by atoms with Crippen molar-refractivity contribution >= 4 is 29.1 Å². The van der Waals surface area contributed by atoms with Gasteiger partial charge in [-0.05, 0) is 19.1 Å². The van der Waals surface area contributed by atoms with E-state index < -0.39 is 11.0 Å². The van der Waals surface area contributed by atoms with Crippen LogP contribution in [-0.4, -0.2) is 48.1 Å². The highest BCUT2D eigenvalue weighted by molar-refractivity contribution is 6.44. The van der Waals surface area contributed by atoms with Gasteiger partial charge in [0.25, 0.3) is 5.91 Å². The topological polar surface area (TPSA) is 41.6 Å². The molecule has 110 valence electrons. The Balaban J connectivity index is 2.03. The zero-order valence-electron chi connectivity index (χ0n) is 11.3. The quantitative estimate of drug-likeness (QED) is 0.866. The zero-order valence-corrected chi connectivity index (χ0v) is 12.8. The predicted octanol–water partition coefficient (Wildman–Crippen LogP) is 2.19. The standard InChI is InChI=1S/C14H18Cl2N2O2/c1-10-2-4-11(5-3-10)14(19)17-13(12(15)16)18-6-8-20-9-7-18/h2-5,12-13H,6-9H2,1H3,(H,17,19)/t13-/m0/s1. The minimum atomic E-state index is -0.692. The molecule has 1 saturated heterocycles. The summed E-state index contributed by atoms with van der Waals surface area (Å²) < 4.78 is 5.29. The Morgan fingerprint density at radius 2 is 1.85 bits per heavy atom. The van der Waals surface area contributed by atoms with Crippen LogP contribution in [0.3, 0.4) is 0 Å². The van der Waals surface area contributed by atoms with Gasteiger partial charge in [0.2, 0.25) is 0 Å². The van der Waals surface area contributed by atoms with Gasteiger partial charge >= 0.3 is 0 Å². The molecule has 1 aliphatic heterocycles. The average molecular weight is 317 g/mol. The molecule has 0 bridgehead atoms. The van der Waals surface area contributed by atoms with Crippen LogP contribution in [0.25, 0.3) is 0 Å². The van der Waals surface area contributed by atoms with Crippen molar-refractivity contribution in [3.05, 3.63) is 35.4 Å². The van der Waals surface area contributed by atoms with Crippen molar-refractivity contribution in [2.45, 2.75) is 17.9 Å². The van der Waals surface area contributed by atoms with E-state index in [2.05, 4.69) is 5.32 Å². The number of aryl methyl sites for hydroxylation is 1. The molecule has 0 radical (unpaired) electrons. The number of hydrogen-bond acceptors (Lipinski definition) is 3. The van der Waals surface area contributed by atoms with Gasteiger partial charge in [0.05, 0.1) is 13.2 Å². The SMILES string of the molecule is Cc1ccc(C(=O)N[C@H](C(Cl)Cl)N2CCOCC2)cc1. The van der Waals surface area contributed by atoms with Crippen LogP contribution in [0.5, 0.6) is 0 Å². The summed E-state index contributed by atoms with van der Waals surface area (Å²) in [4.78, 5) is 13.6. The van der Waals surface area contributed by atoms with E-state index in [0.29, 0.717) is 31.9 Å². The summed E-state index contributed by atoms with van der Waals surface area (Å²) in [6.07, 6.45) is -0.406. The van der Waals surface area contributed by atoms with Crippen LogP contribution >= 0.6 is 23.2 Å². The second-order valence-electron chi connectivity index (χ2n) is 4.77. The molecule has 0 saturated carbocycles. The molecule has 0 aliphatic carbocycles. The fraction of sp³-hybridized carbons (Fsp3) is 0.500. The highest BCUT2D eigenvalue weighted by Crippen LogP contribution is 2.15. The normalized spacial score (nSPS) is 18.0. The molecule has 1 amide bonds. The number of nitrogens with zero attached hydrogens (tertiary/aromatic N) is 1. The Morgan fingerprint density at radius 1 is 1.25 bits per heavy atom. The Hall–Kier alpha value is -0.810.